The van der Waals surface area contributed by atoms with E-state index in [1.807, 2.05) is 6.92 Å². The quantitative estimate of drug-likeness (QED) is 0.0786. The van der Waals surface area contributed by atoms with Gasteiger partial charge in [-0.2, -0.15) is 0 Å². The summed E-state index contributed by atoms with van der Waals surface area (Å²) in [6.07, 6.45) is 3.33. The van der Waals surface area contributed by atoms with Gasteiger partial charge in [-0.15, -0.1) is 0 Å². The molecule has 0 saturated carbocycles. The number of hydrogen-bond donors (Lipinski definition) is 6. The lowest BCUT2D eigenvalue weighted by Gasteiger charge is -2.24. The zero-order chi connectivity index (χ0) is 28.9. The number of carbonyl (C=O) groups is 5. The topological polar surface area (TPSA) is 210 Å². The Labute approximate surface area is 225 Å². The summed E-state index contributed by atoms with van der Waals surface area (Å²) in [6.45, 7) is 3.06. The average molecular weight is 547 g/mol. The van der Waals surface area contributed by atoms with Gasteiger partial charge in [0.25, 0.3) is 11.8 Å². The lowest BCUT2D eigenvalue weighted by molar-refractivity contribution is -0.140. The number of carboxylic acid groups (broad SMARTS) is 1. The SMILES string of the molecule is CCCCC[C@@H](C(=O)NCNC(=O)c1ccc(-c2cc(OCC(N)=O)cc(C(=O)O)c2)o1)[C@@H](CC)C(=O)NO. The first kappa shape index (κ1) is 30.8. The molecule has 0 bridgehead atoms. The zero-order valence-electron chi connectivity index (χ0n) is 21.8. The molecule has 0 aliphatic carbocycles. The number of carboxylic acids is 1. The van der Waals surface area contributed by atoms with Gasteiger partial charge in [0.2, 0.25) is 11.8 Å². The molecule has 0 fully saturated rings. The highest BCUT2D eigenvalue weighted by molar-refractivity contribution is 5.93. The van der Waals surface area contributed by atoms with E-state index in [-0.39, 0.29) is 35.1 Å². The van der Waals surface area contributed by atoms with E-state index in [1.54, 1.807) is 12.4 Å². The molecule has 0 saturated heterocycles. The minimum Gasteiger partial charge on any atom is -0.484 e. The summed E-state index contributed by atoms with van der Waals surface area (Å²) in [4.78, 5) is 60.0. The number of rotatable bonds is 16. The molecule has 39 heavy (non-hydrogen) atoms. The third kappa shape index (κ3) is 9.14. The molecule has 1 aromatic heterocycles. The average Bonchev–Trinajstić information content (AvgIpc) is 3.41. The summed E-state index contributed by atoms with van der Waals surface area (Å²) in [5.74, 6) is -5.00. The highest BCUT2D eigenvalue weighted by Crippen LogP contribution is 2.28. The van der Waals surface area contributed by atoms with Crippen LogP contribution in [0.1, 0.15) is 66.9 Å². The van der Waals surface area contributed by atoms with Crippen LogP contribution in [0, 0.1) is 11.8 Å². The molecule has 2 rings (SSSR count). The van der Waals surface area contributed by atoms with Crippen molar-refractivity contribution in [3.05, 3.63) is 41.7 Å². The van der Waals surface area contributed by atoms with E-state index in [9.17, 15) is 29.1 Å². The standard InChI is InChI=1S/C26H34N4O9/c1-3-5-6-7-19(18(4-2)24(33)30-37)23(32)28-14-29-25(34)21-9-8-20(39-21)15-10-16(26(35)36)12-17(11-15)38-13-22(27)31/h8-12,18-19,37H,3-7,13-14H2,1-2H3,(H2,27,31)(H,28,32)(H,29,34)(H,30,33)(H,35,36)/t18-,19-/m1/s1. The van der Waals surface area contributed by atoms with E-state index in [1.165, 1.54) is 30.3 Å². The van der Waals surface area contributed by atoms with Gasteiger partial charge in [-0.3, -0.25) is 24.4 Å². The van der Waals surface area contributed by atoms with E-state index in [2.05, 4.69) is 10.6 Å². The maximum absolute atomic E-state index is 12.8. The van der Waals surface area contributed by atoms with E-state index in [4.69, 9.17) is 20.1 Å². The molecule has 0 aliphatic heterocycles. The number of furan rings is 1. The molecule has 1 heterocycles. The van der Waals surface area contributed by atoms with Gasteiger partial charge in [0, 0.05) is 11.5 Å². The maximum atomic E-state index is 12.8. The van der Waals surface area contributed by atoms with Crippen molar-refractivity contribution in [2.24, 2.45) is 17.6 Å². The van der Waals surface area contributed by atoms with Crippen LogP contribution >= 0.6 is 0 Å². The van der Waals surface area contributed by atoms with Gasteiger partial charge in [0.05, 0.1) is 18.2 Å². The lowest BCUT2D eigenvalue weighted by Crippen LogP contribution is -2.44. The van der Waals surface area contributed by atoms with Crippen LogP contribution in [-0.4, -0.2) is 53.2 Å². The molecular formula is C26H34N4O9. The molecule has 4 amide bonds. The molecule has 2 aromatic rings. The summed E-state index contributed by atoms with van der Waals surface area (Å²) >= 11 is 0. The van der Waals surface area contributed by atoms with Crippen LogP contribution in [0.4, 0.5) is 0 Å². The Hall–Kier alpha value is -4.39. The van der Waals surface area contributed by atoms with Gasteiger partial charge >= 0.3 is 5.97 Å². The van der Waals surface area contributed by atoms with Crippen LogP contribution < -0.4 is 26.6 Å². The second-order valence-corrected chi connectivity index (χ2v) is 8.79. The van der Waals surface area contributed by atoms with Crippen molar-refractivity contribution in [3.8, 4) is 17.1 Å². The first-order valence-electron chi connectivity index (χ1n) is 12.5. The lowest BCUT2D eigenvalue weighted by atomic mass is 9.84. The number of hydrogen-bond acceptors (Lipinski definition) is 8. The molecule has 2 atom stereocenters. The van der Waals surface area contributed by atoms with Crippen molar-refractivity contribution in [2.45, 2.75) is 46.0 Å². The predicted molar refractivity (Wildman–Crippen MR) is 138 cm³/mol. The Morgan fingerprint density at radius 2 is 1.74 bits per heavy atom. The number of nitrogens with two attached hydrogens (primary N) is 1. The predicted octanol–water partition coefficient (Wildman–Crippen LogP) is 2.04. The van der Waals surface area contributed by atoms with Crippen molar-refractivity contribution >= 4 is 29.6 Å². The first-order valence-corrected chi connectivity index (χ1v) is 12.5. The summed E-state index contributed by atoms with van der Waals surface area (Å²) in [5, 5.41) is 23.5. The number of ether oxygens (including phenoxy) is 1. The fourth-order valence-corrected chi connectivity index (χ4v) is 4.01. The second kappa shape index (κ2) is 15.1. The van der Waals surface area contributed by atoms with E-state index in [0.717, 1.165) is 19.3 Å². The minimum absolute atomic E-state index is 0.0718. The molecule has 13 nitrogen and oxygen atoms in total. The number of carbonyl (C=O) groups excluding carboxylic acids is 4. The Morgan fingerprint density at radius 1 is 1.00 bits per heavy atom. The Morgan fingerprint density at radius 3 is 2.36 bits per heavy atom. The molecule has 0 aliphatic rings. The summed E-state index contributed by atoms with van der Waals surface area (Å²) in [7, 11) is 0. The van der Waals surface area contributed by atoms with Crippen LogP contribution in [-0.2, 0) is 14.4 Å². The van der Waals surface area contributed by atoms with Gasteiger partial charge in [0.15, 0.2) is 12.4 Å². The molecule has 212 valence electrons. The fourth-order valence-electron chi connectivity index (χ4n) is 4.01. The third-order valence-corrected chi connectivity index (χ3v) is 5.99. The second-order valence-electron chi connectivity index (χ2n) is 8.79. The van der Waals surface area contributed by atoms with Crippen molar-refractivity contribution in [2.75, 3.05) is 13.3 Å². The molecule has 1 aromatic carbocycles. The van der Waals surface area contributed by atoms with Crippen LogP contribution in [0.15, 0.2) is 34.7 Å². The number of hydroxylamine groups is 1. The monoisotopic (exact) mass is 546 g/mol. The van der Waals surface area contributed by atoms with Gasteiger partial charge < -0.3 is 30.6 Å². The highest BCUT2D eigenvalue weighted by Gasteiger charge is 2.32. The number of benzene rings is 1. The highest BCUT2D eigenvalue weighted by atomic mass is 16.5. The largest absolute Gasteiger partial charge is 0.484 e. The Bertz CT molecular complexity index is 1180. The summed E-state index contributed by atoms with van der Waals surface area (Å²) in [5.41, 5.74) is 6.84. The molecule has 0 spiro atoms. The number of primary amides is 1. The van der Waals surface area contributed by atoms with Crippen molar-refractivity contribution < 1.29 is 43.4 Å². The van der Waals surface area contributed by atoms with Crippen LogP contribution in [0.25, 0.3) is 11.3 Å². The zero-order valence-corrected chi connectivity index (χ0v) is 21.8. The number of nitrogens with one attached hydrogen (secondary N) is 3. The number of unbranched alkanes of at least 4 members (excludes halogenated alkanes) is 2. The maximum Gasteiger partial charge on any atom is 0.335 e. The minimum atomic E-state index is -1.24. The molecule has 13 heteroatoms. The van der Waals surface area contributed by atoms with Gasteiger partial charge in [-0.1, -0.05) is 33.1 Å². The van der Waals surface area contributed by atoms with Gasteiger partial charge in [0.1, 0.15) is 11.5 Å². The van der Waals surface area contributed by atoms with Crippen molar-refractivity contribution in [1.82, 2.24) is 16.1 Å². The van der Waals surface area contributed by atoms with Crippen LogP contribution in [0.2, 0.25) is 0 Å². The van der Waals surface area contributed by atoms with Gasteiger partial charge in [-0.25, -0.2) is 10.3 Å². The molecule has 7 N–H and O–H groups in total. The van der Waals surface area contributed by atoms with Crippen molar-refractivity contribution in [1.29, 1.82) is 0 Å². The van der Waals surface area contributed by atoms with Crippen LogP contribution in [0.5, 0.6) is 5.75 Å². The fraction of sp³-hybridized carbons (Fsp3) is 0.423. The summed E-state index contributed by atoms with van der Waals surface area (Å²) < 4.78 is 10.8. The molecule has 0 unspecified atom stereocenters. The first-order chi connectivity index (χ1) is 18.6. The molecular weight excluding hydrogens is 512 g/mol. The molecule has 0 radical (unpaired) electrons. The van der Waals surface area contributed by atoms with E-state index in [0.29, 0.717) is 12.8 Å². The normalized spacial score (nSPS) is 12.2. The van der Waals surface area contributed by atoms with Crippen molar-refractivity contribution in [3.63, 3.8) is 0 Å². The smallest absolute Gasteiger partial charge is 0.335 e. The van der Waals surface area contributed by atoms with E-state index < -0.39 is 48.0 Å². The number of amides is 4. The van der Waals surface area contributed by atoms with Gasteiger partial charge in [-0.05, 0) is 43.2 Å². The summed E-state index contributed by atoms with van der Waals surface area (Å²) in [6, 6.07) is 6.79. The van der Waals surface area contributed by atoms with E-state index >= 15 is 0 Å². The number of aromatic carboxylic acids is 1. The Balaban J connectivity index is 2.08. The Kier molecular flexibility index (Phi) is 12.0. The third-order valence-electron chi connectivity index (χ3n) is 5.99. The van der Waals surface area contributed by atoms with Crippen LogP contribution in [0.3, 0.4) is 0 Å².